The Bertz CT molecular complexity index is 252. The monoisotopic (exact) mass is 256 g/mol. The first-order chi connectivity index (χ1) is 8.61. The van der Waals surface area contributed by atoms with E-state index in [0.717, 1.165) is 19.3 Å². The molecule has 0 radical (unpaired) electrons. The van der Waals surface area contributed by atoms with Crippen LogP contribution in [0.5, 0.6) is 0 Å². The molecule has 4 heteroatoms. The van der Waals surface area contributed by atoms with Crippen LogP contribution in [0.25, 0.3) is 0 Å². The van der Waals surface area contributed by atoms with Crippen molar-refractivity contribution >= 4 is 5.91 Å². The highest BCUT2D eigenvalue weighted by Gasteiger charge is 2.30. The largest absolute Gasteiger partial charge is 0.395 e. The van der Waals surface area contributed by atoms with Crippen molar-refractivity contribution in [1.29, 1.82) is 0 Å². The van der Waals surface area contributed by atoms with Gasteiger partial charge in [-0.2, -0.15) is 0 Å². The second-order valence-corrected chi connectivity index (χ2v) is 5.46. The molecule has 1 aliphatic carbocycles. The molecule has 0 aromatic carbocycles. The lowest BCUT2D eigenvalue weighted by Crippen LogP contribution is -2.52. The number of amides is 1. The molecule has 0 aromatic heterocycles. The van der Waals surface area contributed by atoms with Gasteiger partial charge in [-0.3, -0.25) is 4.79 Å². The van der Waals surface area contributed by atoms with Crippen LogP contribution in [-0.4, -0.2) is 41.1 Å². The van der Waals surface area contributed by atoms with Crippen LogP contribution in [0.2, 0.25) is 0 Å². The van der Waals surface area contributed by atoms with Gasteiger partial charge in [-0.1, -0.05) is 39.5 Å². The van der Waals surface area contributed by atoms with Crippen LogP contribution in [0.4, 0.5) is 0 Å². The van der Waals surface area contributed by atoms with Gasteiger partial charge < -0.3 is 15.7 Å². The summed E-state index contributed by atoms with van der Waals surface area (Å²) in [6, 6.07) is -0.142. The van der Waals surface area contributed by atoms with Gasteiger partial charge in [0.25, 0.3) is 0 Å². The van der Waals surface area contributed by atoms with Crippen LogP contribution < -0.4 is 5.73 Å². The minimum Gasteiger partial charge on any atom is -0.395 e. The van der Waals surface area contributed by atoms with Crippen LogP contribution in [0.15, 0.2) is 0 Å². The highest BCUT2D eigenvalue weighted by Crippen LogP contribution is 2.23. The molecule has 18 heavy (non-hydrogen) atoms. The van der Waals surface area contributed by atoms with E-state index in [1.807, 2.05) is 11.8 Å². The van der Waals surface area contributed by atoms with Gasteiger partial charge in [0.2, 0.25) is 5.91 Å². The van der Waals surface area contributed by atoms with Crippen molar-refractivity contribution in [1.82, 2.24) is 4.90 Å². The molecule has 3 N–H and O–H groups in total. The topological polar surface area (TPSA) is 66.6 Å². The van der Waals surface area contributed by atoms with Crippen molar-refractivity contribution in [2.45, 2.75) is 64.5 Å². The molecule has 1 fully saturated rings. The highest BCUT2D eigenvalue weighted by atomic mass is 16.3. The van der Waals surface area contributed by atoms with E-state index in [1.165, 1.54) is 19.3 Å². The molecule has 2 atom stereocenters. The molecular formula is C14H28N2O2. The fraction of sp³-hybridized carbons (Fsp3) is 0.929. The lowest BCUT2D eigenvalue weighted by molar-refractivity contribution is -0.137. The molecule has 0 heterocycles. The molecule has 1 saturated carbocycles. The van der Waals surface area contributed by atoms with E-state index >= 15 is 0 Å². The van der Waals surface area contributed by atoms with E-state index in [0.29, 0.717) is 6.54 Å². The summed E-state index contributed by atoms with van der Waals surface area (Å²) >= 11 is 0. The number of aliphatic hydroxyl groups is 1. The molecule has 4 nitrogen and oxygen atoms in total. The third-order valence-corrected chi connectivity index (χ3v) is 4.18. The maximum absolute atomic E-state index is 12.4. The zero-order valence-electron chi connectivity index (χ0n) is 11.8. The summed E-state index contributed by atoms with van der Waals surface area (Å²) in [7, 11) is 0. The zero-order valence-corrected chi connectivity index (χ0v) is 11.8. The maximum Gasteiger partial charge on any atom is 0.240 e. The van der Waals surface area contributed by atoms with Gasteiger partial charge in [-0.05, 0) is 18.8 Å². The Morgan fingerprint density at radius 2 is 2.00 bits per heavy atom. The van der Waals surface area contributed by atoms with Crippen molar-refractivity contribution in [2.75, 3.05) is 13.2 Å². The predicted molar refractivity (Wildman–Crippen MR) is 73.1 cm³/mol. The summed E-state index contributed by atoms with van der Waals surface area (Å²) in [5.41, 5.74) is 6.04. The third-order valence-electron chi connectivity index (χ3n) is 4.18. The van der Waals surface area contributed by atoms with Crippen LogP contribution in [0, 0.1) is 5.92 Å². The van der Waals surface area contributed by atoms with Gasteiger partial charge in [-0.25, -0.2) is 0 Å². The van der Waals surface area contributed by atoms with Crippen LogP contribution >= 0.6 is 0 Å². The average molecular weight is 256 g/mol. The maximum atomic E-state index is 12.4. The number of hydrogen-bond donors (Lipinski definition) is 2. The van der Waals surface area contributed by atoms with E-state index in [1.54, 1.807) is 0 Å². The second kappa shape index (κ2) is 7.74. The number of nitrogens with zero attached hydrogens (tertiary/aromatic N) is 1. The highest BCUT2D eigenvalue weighted by molar-refractivity contribution is 5.82. The molecule has 0 saturated heterocycles. The summed E-state index contributed by atoms with van der Waals surface area (Å²) in [6.45, 7) is 4.51. The van der Waals surface area contributed by atoms with Gasteiger partial charge >= 0.3 is 0 Å². The third kappa shape index (κ3) is 3.95. The number of carbonyl (C=O) groups excluding carboxylic acids is 1. The minimum atomic E-state index is -0.427. The molecule has 1 amide bonds. The Labute approximate surface area is 111 Å². The van der Waals surface area contributed by atoms with Gasteiger partial charge in [0.1, 0.15) is 0 Å². The number of carbonyl (C=O) groups is 1. The molecule has 1 aliphatic rings. The Morgan fingerprint density at radius 1 is 1.39 bits per heavy atom. The molecule has 0 bridgehead atoms. The van der Waals surface area contributed by atoms with Crippen molar-refractivity contribution in [3.63, 3.8) is 0 Å². The molecule has 1 rings (SSSR count). The smallest absolute Gasteiger partial charge is 0.240 e. The first kappa shape index (κ1) is 15.4. The number of rotatable bonds is 6. The summed E-state index contributed by atoms with van der Waals surface area (Å²) < 4.78 is 0. The predicted octanol–water partition coefficient (Wildman–Crippen LogP) is 1.51. The van der Waals surface area contributed by atoms with E-state index in [9.17, 15) is 4.79 Å². The molecule has 1 unspecified atom stereocenters. The molecule has 0 aliphatic heterocycles. The van der Waals surface area contributed by atoms with Crippen molar-refractivity contribution in [3.8, 4) is 0 Å². The number of hydrogen-bond acceptors (Lipinski definition) is 3. The van der Waals surface area contributed by atoms with E-state index in [-0.39, 0.29) is 24.5 Å². The minimum absolute atomic E-state index is 0.0188. The van der Waals surface area contributed by atoms with Gasteiger partial charge in [0, 0.05) is 12.6 Å². The SMILES string of the molecule is CCC(C)[C@H](N)C(=O)N(CCO)C1CCCCC1. The lowest BCUT2D eigenvalue weighted by atomic mass is 9.92. The Morgan fingerprint density at radius 3 is 2.50 bits per heavy atom. The average Bonchev–Trinajstić information content (AvgIpc) is 2.43. The fourth-order valence-corrected chi connectivity index (χ4v) is 2.66. The van der Waals surface area contributed by atoms with Gasteiger partial charge in [0.15, 0.2) is 0 Å². The molecule has 106 valence electrons. The van der Waals surface area contributed by atoms with Crippen LogP contribution in [0.3, 0.4) is 0 Å². The summed E-state index contributed by atoms with van der Waals surface area (Å²) in [4.78, 5) is 14.3. The normalized spacial score (nSPS) is 20.4. The van der Waals surface area contributed by atoms with E-state index < -0.39 is 6.04 Å². The van der Waals surface area contributed by atoms with Crippen molar-refractivity contribution < 1.29 is 9.90 Å². The summed E-state index contributed by atoms with van der Waals surface area (Å²) in [5.74, 6) is 0.215. The standard InChI is InChI=1S/C14H28N2O2/c1-3-11(2)13(15)14(18)16(9-10-17)12-7-5-4-6-8-12/h11-13,17H,3-10,15H2,1-2H3/t11?,13-/m0/s1. The number of aliphatic hydroxyl groups excluding tert-OH is 1. The molecule has 0 aromatic rings. The number of nitrogens with two attached hydrogens (primary N) is 1. The first-order valence-electron chi connectivity index (χ1n) is 7.28. The second-order valence-electron chi connectivity index (χ2n) is 5.46. The van der Waals surface area contributed by atoms with E-state index in [2.05, 4.69) is 6.92 Å². The fourth-order valence-electron chi connectivity index (χ4n) is 2.66. The lowest BCUT2D eigenvalue weighted by Gasteiger charge is -2.36. The zero-order chi connectivity index (χ0) is 13.5. The van der Waals surface area contributed by atoms with Crippen molar-refractivity contribution in [2.24, 2.45) is 11.7 Å². The molecular weight excluding hydrogens is 228 g/mol. The molecule has 0 spiro atoms. The first-order valence-corrected chi connectivity index (χ1v) is 7.28. The van der Waals surface area contributed by atoms with Gasteiger partial charge in [0.05, 0.1) is 12.6 Å². The van der Waals surface area contributed by atoms with Crippen LogP contribution in [0.1, 0.15) is 52.4 Å². The Kier molecular flexibility index (Phi) is 6.65. The van der Waals surface area contributed by atoms with Gasteiger partial charge in [-0.15, -0.1) is 0 Å². The Hall–Kier alpha value is -0.610. The summed E-state index contributed by atoms with van der Waals surface area (Å²) in [6.07, 6.45) is 6.63. The quantitative estimate of drug-likeness (QED) is 0.757. The summed E-state index contributed by atoms with van der Waals surface area (Å²) in [5, 5.41) is 9.16. The van der Waals surface area contributed by atoms with Crippen LogP contribution in [-0.2, 0) is 4.79 Å². The van der Waals surface area contributed by atoms with E-state index in [4.69, 9.17) is 10.8 Å². The Balaban J connectivity index is 2.67. The van der Waals surface area contributed by atoms with Crippen molar-refractivity contribution in [3.05, 3.63) is 0 Å².